The third-order valence-electron chi connectivity index (χ3n) is 8.33. The number of anilines is 2. The van der Waals surface area contributed by atoms with Gasteiger partial charge in [0, 0.05) is 34.9 Å². The molecule has 2 aliphatic rings. The molecule has 5 rings (SSSR count). The summed E-state index contributed by atoms with van der Waals surface area (Å²) in [5, 5.41) is 8.69. The van der Waals surface area contributed by atoms with Crippen LogP contribution in [0.5, 0.6) is 5.75 Å². The normalized spacial score (nSPS) is 26.2. The molecule has 0 aliphatic carbocycles. The lowest BCUT2D eigenvalue weighted by Crippen LogP contribution is -2.44. The van der Waals surface area contributed by atoms with Crippen molar-refractivity contribution in [1.82, 2.24) is 5.32 Å². The van der Waals surface area contributed by atoms with E-state index in [1.807, 2.05) is 6.07 Å². The molecule has 0 aromatic heterocycles. The Hall–Kier alpha value is -3.10. The average molecular weight is 648 g/mol. The molecule has 43 heavy (non-hydrogen) atoms. The van der Waals surface area contributed by atoms with Crippen molar-refractivity contribution in [3.63, 3.8) is 0 Å². The molecule has 1 fully saturated rings. The average Bonchev–Trinajstić information content (AvgIpc) is 3.36. The first kappa shape index (κ1) is 31.3. The van der Waals surface area contributed by atoms with E-state index in [-0.39, 0.29) is 33.0 Å². The van der Waals surface area contributed by atoms with Crippen LogP contribution in [0.1, 0.15) is 54.6 Å². The van der Waals surface area contributed by atoms with Crippen molar-refractivity contribution in [2.45, 2.75) is 50.3 Å². The van der Waals surface area contributed by atoms with Crippen molar-refractivity contribution >= 4 is 53.7 Å². The van der Waals surface area contributed by atoms with E-state index in [2.05, 4.69) is 36.5 Å². The van der Waals surface area contributed by atoms with Crippen LogP contribution in [0.3, 0.4) is 0 Å². The smallest absolute Gasteiger partial charge is 0.248 e. The predicted octanol–water partition coefficient (Wildman–Crippen LogP) is 6.97. The molecule has 1 spiro atoms. The maximum atomic E-state index is 16.1. The Labute approximate surface area is 260 Å². The molecule has 3 aromatic rings. The Morgan fingerprint density at radius 3 is 2.51 bits per heavy atom. The summed E-state index contributed by atoms with van der Waals surface area (Å²) in [5.74, 6) is -2.58. The van der Waals surface area contributed by atoms with E-state index in [0.29, 0.717) is 22.7 Å². The molecule has 0 unspecified atom stereocenters. The number of rotatable bonds is 6. The van der Waals surface area contributed by atoms with Gasteiger partial charge in [0.25, 0.3) is 0 Å². The largest absolute Gasteiger partial charge is 0.495 e. The molecular weight excluding hydrogens is 613 g/mol. The Morgan fingerprint density at radius 1 is 1.14 bits per heavy atom. The number of nitrogens with one attached hydrogen (secondary N) is 3. The molecule has 8 nitrogen and oxygen atoms in total. The van der Waals surface area contributed by atoms with Crippen molar-refractivity contribution in [1.29, 1.82) is 0 Å². The van der Waals surface area contributed by atoms with Gasteiger partial charge in [-0.25, -0.2) is 4.39 Å². The van der Waals surface area contributed by atoms with Gasteiger partial charge in [0.1, 0.15) is 11.6 Å². The maximum Gasteiger partial charge on any atom is 0.248 e. The van der Waals surface area contributed by atoms with Gasteiger partial charge in [-0.2, -0.15) is 0 Å². The lowest BCUT2D eigenvalue weighted by Gasteiger charge is -2.42. The molecule has 5 atom stereocenters. The molecule has 2 aliphatic heterocycles. The maximum absolute atomic E-state index is 16.1. The van der Waals surface area contributed by atoms with Crippen molar-refractivity contribution in [2.24, 2.45) is 11.1 Å². The molecule has 3 aromatic carbocycles. The quantitative estimate of drug-likeness (QED) is 0.215. The van der Waals surface area contributed by atoms with Gasteiger partial charge in [-0.3, -0.25) is 14.2 Å². The number of ether oxygens (including phenoxy) is 1. The third kappa shape index (κ3) is 5.31. The lowest BCUT2D eigenvalue weighted by atomic mass is 9.72. The summed E-state index contributed by atoms with van der Waals surface area (Å²) in [4.78, 5) is 26.0. The number of carbonyl (C=O) groups is 2. The van der Waals surface area contributed by atoms with E-state index in [0.717, 1.165) is 0 Å². The molecule has 2 heterocycles. The number of amides is 2. The predicted molar refractivity (Wildman–Crippen MR) is 169 cm³/mol. The Morgan fingerprint density at radius 2 is 1.86 bits per heavy atom. The fraction of sp³-hybridized carbons (Fsp3) is 0.355. The van der Waals surface area contributed by atoms with Crippen LogP contribution in [-0.2, 0) is 14.5 Å². The van der Waals surface area contributed by atoms with E-state index in [1.165, 1.54) is 31.4 Å². The Bertz CT molecular complexity index is 1680. The highest BCUT2D eigenvalue weighted by Crippen LogP contribution is 2.76. The Kier molecular flexibility index (Phi) is 8.10. The van der Waals surface area contributed by atoms with Crippen LogP contribution in [0.15, 0.2) is 54.6 Å². The summed E-state index contributed by atoms with van der Waals surface area (Å²) in [6, 6.07) is 12.7. The zero-order valence-electron chi connectivity index (χ0n) is 24.4. The highest BCUT2D eigenvalue weighted by atomic mass is 35.5. The minimum atomic E-state index is -3.45. The van der Waals surface area contributed by atoms with Crippen molar-refractivity contribution < 1.29 is 23.3 Å². The van der Waals surface area contributed by atoms with Gasteiger partial charge in [0.2, 0.25) is 11.8 Å². The summed E-state index contributed by atoms with van der Waals surface area (Å²) >= 11 is 12.7. The van der Waals surface area contributed by atoms with E-state index >= 15 is 4.39 Å². The third-order valence-corrected chi connectivity index (χ3v) is 11.8. The first-order valence-electron chi connectivity index (χ1n) is 13.8. The van der Waals surface area contributed by atoms with E-state index in [9.17, 15) is 14.2 Å². The van der Waals surface area contributed by atoms with Gasteiger partial charge in [-0.05, 0) is 59.4 Å². The van der Waals surface area contributed by atoms with Crippen LogP contribution in [-0.4, -0.2) is 37.7 Å². The van der Waals surface area contributed by atoms with E-state index in [1.54, 1.807) is 30.9 Å². The van der Waals surface area contributed by atoms with Crippen LogP contribution >= 0.6 is 30.5 Å². The number of hydrogen-bond acceptors (Lipinski definition) is 5. The molecular formula is C31H34Cl2FN4O4P. The first-order valence-corrected chi connectivity index (χ1v) is 16.7. The summed E-state index contributed by atoms with van der Waals surface area (Å²) in [7, 11) is -2.05. The minimum absolute atomic E-state index is 0.108. The molecule has 1 saturated heterocycles. The number of methoxy groups -OCH3 is 1. The van der Waals surface area contributed by atoms with Gasteiger partial charge in [0.05, 0.1) is 29.0 Å². The van der Waals surface area contributed by atoms with Crippen molar-refractivity contribution in [2.75, 3.05) is 24.2 Å². The fourth-order valence-corrected chi connectivity index (χ4v) is 10.1. The number of hydrogen-bond donors (Lipinski definition) is 4. The van der Waals surface area contributed by atoms with Gasteiger partial charge >= 0.3 is 0 Å². The standard InChI is InChI=1S/C31H34Cl2FN4O4P/c1-30(2,3)15-24-31(19-11-10-17(32)14-22(19)38-43(31,5)41)25(18-7-6-8-20(33)26(18)34)27(37-24)29(40)36-21-12-9-16(28(35)39)13-23(21)42-4/h6-14,24-25,27,37H,15H2,1-5H3,(H2,35,39)(H,36,40)(H,38,41)/t24-,25-,27+,31+,43+/m0/s1. The van der Waals surface area contributed by atoms with E-state index < -0.39 is 48.1 Å². The van der Waals surface area contributed by atoms with Crippen LogP contribution in [0.25, 0.3) is 0 Å². The summed E-state index contributed by atoms with van der Waals surface area (Å²) in [6.45, 7) is 7.81. The first-order chi connectivity index (χ1) is 20.1. The monoisotopic (exact) mass is 646 g/mol. The molecule has 5 N–H and O–H groups in total. The number of nitrogens with two attached hydrogens (primary N) is 1. The second-order valence-corrected chi connectivity index (χ2v) is 16.1. The number of fused-ring (bicyclic) bond motifs is 2. The number of halogens is 3. The van der Waals surface area contributed by atoms with Crippen LogP contribution in [0, 0.1) is 11.2 Å². The SMILES string of the molecule is COc1cc(C(N)=O)ccc1NC(=O)[C@@H]1N[C@@H](CC(C)(C)C)[C@]2(c3ccc(Cl)cc3N[P@]2(C)=O)[C@H]1c1cccc(Cl)c1F. The summed E-state index contributed by atoms with van der Waals surface area (Å²) in [5.41, 5.74) is 7.08. The molecule has 0 bridgehead atoms. The molecule has 12 heteroatoms. The van der Waals surface area contributed by atoms with Crippen LogP contribution < -0.4 is 26.2 Å². The second kappa shape index (κ2) is 11.1. The lowest BCUT2D eigenvalue weighted by molar-refractivity contribution is -0.118. The summed E-state index contributed by atoms with van der Waals surface area (Å²) < 4.78 is 36.5. The van der Waals surface area contributed by atoms with E-state index in [4.69, 9.17) is 33.7 Å². The highest BCUT2D eigenvalue weighted by molar-refractivity contribution is 7.66. The molecule has 228 valence electrons. The number of carbonyl (C=O) groups excluding carboxylic acids is 2. The fourth-order valence-electron chi connectivity index (χ4n) is 6.73. The topological polar surface area (TPSA) is 123 Å². The Balaban J connectivity index is 1.74. The van der Waals surface area contributed by atoms with Crippen molar-refractivity contribution in [3.8, 4) is 5.75 Å². The van der Waals surface area contributed by atoms with Gasteiger partial charge in [0.15, 0.2) is 7.29 Å². The molecule has 2 amide bonds. The second-order valence-electron chi connectivity index (χ2n) is 12.4. The van der Waals surface area contributed by atoms with Crippen LogP contribution in [0.4, 0.5) is 15.8 Å². The highest BCUT2D eigenvalue weighted by Gasteiger charge is 2.69. The minimum Gasteiger partial charge on any atom is -0.495 e. The van der Waals surface area contributed by atoms with Crippen molar-refractivity contribution in [3.05, 3.63) is 87.2 Å². The number of benzene rings is 3. The zero-order valence-corrected chi connectivity index (χ0v) is 26.8. The van der Waals surface area contributed by atoms with Gasteiger partial charge < -0.3 is 26.2 Å². The summed E-state index contributed by atoms with van der Waals surface area (Å²) in [6.07, 6.45) is 0.508. The van der Waals surface area contributed by atoms with Gasteiger partial charge in [-0.15, -0.1) is 0 Å². The molecule has 0 saturated carbocycles. The van der Waals surface area contributed by atoms with Gasteiger partial charge in [-0.1, -0.05) is 62.2 Å². The number of primary amides is 1. The zero-order chi connectivity index (χ0) is 31.5. The molecule has 0 radical (unpaired) electrons. The van der Waals surface area contributed by atoms with Crippen LogP contribution in [0.2, 0.25) is 10.0 Å².